The number of esters is 2. The number of carbonyl (C=O) groups is 2. The minimum Gasteiger partial charge on any atom is -0.462 e. The molecule has 0 aliphatic carbocycles. The second kappa shape index (κ2) is 11.3. The van der Waals surface area contributed by atoms with Gasteiger partial charge in [-0.25, -0.2) is 9.59 Å². The smallest absolute Gasteiger partial charge is 0.334 e. The summed E-state index contributed by atoms with van der Waals surface area (Å²) in [6.45, 7) is 12.6. The largest absolute Gasteiger partial charge is 0.462 e. The Bertz CT molecular complexity index is 381. The fourth-order valence-corrected chi connectivity index (χ4v) is 1.87. The zero-order valence-corrected chi connectivity index (χ0v) is 15.0. The predicted octanol–water partition coefficient (Wildman–Crippen LogP) is 4.28. The van der Waals surface area contributed by atoms with E-state index in [0.29, 0.717) is 37.2 Å². The average molecular weight is 312 g/mol. The molecule has 22 heavy (non-hydrogen) atoms. The third-order valence-electron chi connectivity index (χ3n) is 3.09. The minimum absolute atomic E-state index is 0.272. The van der Waals surface area contributed by atoms with Gasteiger partial charge in [0, 0.05) is 11.1 Å². The molecule has 0 atom stereocenters. The van der Waals surface area contributed by atoms with Crippen molar-refractivity contribution in [1.29, 1.82) is 0 Å². The number of unbranched alkanes of at least 4 members (excludes halogenated alkanes) is 1. The Morgan fingerprint density at radius 1 is 0.818 bits per heavy atom. The summed E-state index contributed by atoms with van der Waals surface area (Å²) in [4.78, 5) is 24.5. The summed E-state index contributed by atoms with van der Waals surface area (Å²) in [6, 6.07) is 0. The highest BCUT2D eigenvalue weighted by atomic mass is 16.5. The lowest BCUT2D eigenvalue weighted by atomic mass is 10.0. The van der Waals surface area contributed by atoms with E-state index in [4.69, 9.17) is 9.47 Å². The minimum atomic E-state index is -0.385. The molecule has 128 valence electrons. The van der Waals surface area contributed by atoms with Gasteiger partial charge in [-0.3, -0.25) is 0 Å². The molecule has 0 heterocycles. The molecule has 0 bridgehead atoms. The Morgan fingerprint density at radius 3 is 1.64 bits per heavy atom. The summed E-state index contributed by atoms with van der Waals surface area (Å²) in [5.74, 6) is -0.215. The van der Waals surface area contributed by atoms with Gasteiger partial charge < -0.3 is 9.47 Å². The molecule has 0 saturated heterocycles. The van der Waals surface area contributed by atoms with E-state index in [9.17, 15) is 9.59 Å². The fourth-order valence-electron chi connectivity index (χ4n) is 1.87. The van der Waals surface area contributed by atoms with E-state index in [-0.39, 0.29) is 23.8 Å². The van der Waals surface area contributed by atoms with Crippen LogP contribution >= 0.6 is 0 Å². The van der Waals surface area contributed by atoms with Crippen molar-refractivity contribution >= 4 is 11.9 Å². The van der Waals surface area contributed by atoms with Crippen molar-refractivity contribution in [3.63, 3.8) is 0 Å². The van der Waals surface area contributed by atoms with Crippen molar-refractivity contribution in [2.75, 3.05) is 13.2 Å². The summed E-state index contributed by atoms with van der Waals surface area (Å²) in [6.07, 6.45) is 2.85. The Kier molecular flexibility index (Phi) is 10.6. The van der Waals surface area contributed by atoms with Crippen LogP contribution in [0.3, 0.4) is 0 Å². The van der Waals surface area contributed by atoms with Crippen molar-refractivity contribution in [2.24, 2.45) is 11.8 Å². The maximum absolute atomic E-state index is 12.3. The van der Waals surface area contributed by atoms with Gasteiger partial charge in [0.25, 0.3) is 0 Å². The first-order valence-electron chi connectivity index (χ1n) is 8.39. The third kappa shape index (κ3) is 8.20. The van der Waals surface area contributed by atoms with Crippen molar-refractivity contribution in [3.8, 4) is 0 Å². The van der Waals surface area contributed by atoms with Crippen LogP contribution in [0.4, 0.5) is 0 Å². The van der Waals surface area contributed by atoms with Gasteiger partial charge in [0.05, 0.1) is 13.2 Å². The lowest BCUT2D eigenvalue weighted by Gasteiger charge is -2.15. The highest BCUT2D eigenvalue weighted by Gasteiger charge is 2.22. The third-order valence-corrected chi connectivity index (χ3v) is 3.09. The Morgan fingerprint density at radius 2 is 1.27 bits per heavy atom. The molecule has 0 radical (unpaired) electrons. The highest BCUT2D eigenvalue weighted by Crippen LogP contribution is 2.19. The first-order chi connectivity index (χ1) is 10.3. The van der Waals surface area contributed by atoms with Gasteiger partial charge in [-0.15, -0.1) is 0 Å². The predicted molar refractivity (Wildman–Crippen MR) is 88.4 cm³/mol. The number of hydrogen-bond donors (Lipinski definition) is 0. The maximum atomic E-state index is 12.3. The van der Waals surface area contributed by atoms with Crippen LogP contribution in [0.5, 0.6) is 0 Å². The number of ether oxygens (including phenoxy) is 2. The topological polar surface area (TPSA) is 52.6 Å². The molecule has 0 spiro atoms. The monoisotopic (exact) mass is 312 g/mol. The van der Waals surface area contributed by atoms with E-state index in [1.54, 1.807) is 0 Å². The number of rotatable bonds is 10. The molecule has 0 aromatic rings. The van der Waals surface area contributed by atoms with Crippen molar-refractivity contribution in [3.05, 3.63) is 11.1 Å². The second-order valence-corrected chi connectivity index (χ2v) is 6.40. The average Bonchev–Trinajstić information content (AvgIpc) is 2.46. The highest BCUT2D eigenvalue weighted by molar-refractivity contribution is 6.00. The van der Waals surface area contributed by atoms with Crippen LogP contribution in [0, 0.1) is 11.8 Å². The first kappa shape index (κ1) is 20.7. The van der Waals surface area contributed by atoms with E-state index in [0.717, 1.165) is 12.8 Å². The lowest BCUT2D eigenvalue weighted by Crippen LogP contribution is -2.19. The molecule has 0 fully saturated rings. The van der Waals surface area contributed by atoms with Crippen LogP contribution in [-0.2, 0) is 19.1 Å². The van der Waals surface area contributed by atoms with Gasteiger partial charge >= 0.3 is 11.9 Å². The van der Waals surface area contributed by atoms with E-state index in [2.05, 4.69) is 6.92 Å². The van der Waals surface area contributed by atoms with E-state index in [1.807, 2.05) is 34.6 Å². The van der Waals surface area contributed by atoms with Gasteiger partial charge in [-0.1, -0.05) is 48.0 Å². The molecule has 0 amide bonds. The zero-order chi connectivity index (χ0) is 17.1. The molecule has 4 nitrogen and oxygen atoms in total. The summed E-state index contributed by atoms with van der Waals surface area (Å²) in [7, 11) is 0. The molecule has 4 heteroatoms. The molecule has 0 saturated carbocycles. The van der Waals surface area contributed by atoms with Crippen molar-refractivity contribution in [1.82, 2.24) is 0 Å². The Balaban J connectivity index is 5.17. The van der Waals surface area contributed by atoms with Gasteiger partial charge in [0.2, 0.25) is 0 Å². The van der Waals surface area contributed by atoms with Gasteiger partial charge in [0.15, 0.2) is 0 Å². The van der Waals surface area contributed by atoms with Crippen LogP contribution < -0.4 is 0 Å². The first-order valence-corrected chi connectivity index (χ1v) is 8.39. The summed E-state index contributed by atoms with van der Waals surface area (Å²) in [5, 5.41) is 0. The van der Waals surface area contributed by atoms with E-state index < -0.39 is 0 Å². The van der Waals surface area contributed by atoms with Crippen molar-refractivity contribution in [2.45, 2.75) is 67.2 Å². The molecule has 0 aliphatic heterocycles. The molecule has 0 unspecified atom stereocenters. The molecule has 0 aliphatic rings. The second-order valence-electron chi connectivity index (χ2n) is 6.40. The SMILES string of the molecule is CCCCC(C(=O)OCC(C)C)=C(CC)C(=O)OCC(C)C. The summed E-state index contributed by atoms with van der Waals surface area (Å²) >= 11 is 0. The normalized spacial score (nSPS) is 12.4. The molecule has 0 aromatic heterocycles. The number of hydrogen-bond acceptors (Lipinski definition) is 4. The lowest BCUT2D eigenvalue weighted by molar-refractivity contribution is -0.143. The van der Waals surface area contributed by atoms with Crippen LogP contribution in [0.1, 0.15) is 67.2 Å². The fraction of sp³-hybridized carbons (Fsp3) is 0.778. The molecule has 0 N–H and O–H groups in total. The molecular formula is C18H32O4. The van der Waals surface area contributed by atoms with Crippen molar-refractivity contribution < 1.29 is 19.1 Å². The van der Waals surface area contributed by atoms with Gasteiger partial charge in [-0.05, 0) is 31.1 Å². The van der Waals surface area contributed by atoms with Crippen LogP contribution in [0.2, 0.25) is 0 Å². The molecule has 0 rings (SSSR count). The summed E-state index contributed by atoms with van der Waals surface area (Å²) in [5.41, 5.74) is 0.946. The number of carbonyl (C=O) groups excluding carboxylic acids is 2. The zero-order valence-electron chi connectivity index (χ0n) is 15.0. The molecule has 0 aromatic carbocycles. The van der Waals surface area contributed by atoms with E-state index >= 15 is 0 Å². The standard InChI is InChI=1S/C18H32O4/c1-7-9-10-16(18(20)22-12-14(5)6)15(8-2)17(19)21-11-13(3)4/h13-14H,7-12H2,1-6H3. The quantitative estimate of drug-likeness (QED) is 0.446. The maximum Gasteiger partial charge on any atom is 0.334 e. The van der Waals surface area contributed by atoms with Crippen LogP contribution in [0.15, 0.2) is 11.1 Å². The summed E-state index contributed by atoms with van der Waals surface area (Å²) < 4.78 is 10.6. The Labute approximate surface area is 135 Å². The van der Waals surface area contributed by atoms with Crippen LogP contribution in [0.25, 0.3) is 0 Å². The van der Waals surface area contributed by atoms with Gasteiger partial charge in [0.1, 0.15) is 0 Å². The van der Waals surface area contributed by atoms with Crippen LogP contribution in [-0.4, -0.2) is 25.2 Å². The van der Waals surface area contributed by atoms with E-state index in [1.165, 1.54) is 0 Å². The van der Waals surface area contributed by atoms with Gasteiger partial charge in [-0.2, -0.15) is 0 Å². The molecular weight excluding hydrogens is 280 g/mol. The Hall–Kier alpha value is -1.32.